The Morgan fingerprint density at radius 2 is 1.75 bits per heavy atom. The number of benzene rings is 1. The third-order valence-corrected chi connectivity index (χ3v) is 2.62. The molecule has 0 saturated heterocycles. The van der Waals surface area contributed by atoms with Crippen molar-refractivity contribution < 1.29 is 14.7 Å². The van der Waals surface area contributed by atoms with Gasteiger partial charge in [-0.05, 0) is 24.3 Å². The number of rotatable bonds is 2. The molecule has 0 saturated carbocycles. The van der Waals surface area contributed by atoms with E-state index in [1.54, 1.807) is 0 Å². The molecule has 0 atom stereocenters. The van der Waals surface area contributed by atoms with Crippen LogP contribution in [0.15, 0.2) is 42.7 Å². The zero-order chi connectivity index (χ0) is 14.7. The van der Waals surface area contributed by atoms with Crippen LogP contribution >= 0.6 is 0 Å². The number of nitrogens with zero attached hydrogens (tertiary/aromatic N) is 2. The lowest BCUT2D eigenvalue weighted by molar-refractivity contribution is 0.0614. The van der Waals surface area contributed by atoms with Gasteiger partial charge in [0, 0.05) is 29.7 Å². The molecule has 20 heavy (non-hydrogen) atoms. The summed E-state index contributed by atoms with van der Waals surface area (Å²) in [5.74, 6) is 3.63. The van der Waals surface area contributed by atoms with Crippen molar-refractivity contribution in [3.63, 3.8) is 0 Å². The Kier molecular flexibility index (Phi) is 3.62. The molecule has 0 aliphatic rings. The summed E-state index contributed by atoms with van der Waals surface area (Å²) in [5, 5.41) is 10.1. The standard InChI is InChI=1S/C13H12N4O3/c14-9-1-2-10(11(18)7-9)13(20)17(15)12(19)8-3-5-16-6-4-8/h1-7,18H,14-15H2. The van der Waals surface area contributed by atoms with Crippen LogP contribution in [0.2, 0.25) is 0 Å². The third-order valence-electron chi connectivity index (χ3n) is 2.62. The lowest BCUT2D eigenvalue weighted by atomic mass is 10.1. The number of phenols is 1. The van der Waals surface area contributed by atoms with E-state index < -0.39 is 11.8 Å². The van der Waals surface area contributed by atoms with E-state index in [9.17, 15) is 14.7 Å². The van der Waals surface area contributed by atoms with Crippen molar-refractivity contribution in [3.05, 3.63) is 53.9 Å². The Morgan fingerprint density at radius 3 is 2.35 bits per heavy atom. The van der Waals surface area contributed by atoms with Crippen LogP contribution in [0.1, 0.15) is 20.7 Å². The van der Waals surface area contributed by atoms with Crippen molar-refractivity contribution in [2.24, 2.45) is 5.84 Å². The molecule has 2 rings (SSSR count). The average Bonchev–Trinajstić information content (AvgIpc) is 2.46. The van der Waals surface area contributed by atoms with E-state index in [1.807, 2.05) is 0 Å². The van der Waals surface area contributed by atoms with Gasteiger partial charge >= 0.3 is 0 Å². The van der Waals surface area contributed by atoms with E-state index in [1.165, 1.54) is 42.7 Å². The fraction of sp³-hybridized carbons (Fsp3) is 0. The van der Waals surface area contributed by atoms with Gasteiger partial charge in [-0.2, -0.15) is 0 Å². The van der Waals surface area contributed by atoms with Crippen molar-refractivity contribution in [2.75, 3.05) is 5.73 Å². The summed E-state index contributed by atoms with van der Waals surface area (Å²) >= 11 is 0. The van der Waals surface area contributed by atoms with Crippen LogP contribution in [0.5, 0.6) is 5.75 Å². The SMILES string of the molecule is Nc1ccc(C(=O)N(N)C(=O)c2ccncc2)c(O)c1. The number of phenolic OH excluding ortho intramolecular Hbond substituents is 1. The maximum atomic E-state index is 12.1. The minimum Gasteiger partial charge on any atom is -0.507 e. The molecule has 2 aromatic rings. The van der Waals surface area contributed by atoms with Gasteiger partial charge in [0.05, 0.1) is 5.56 Å². The van der Waals surface area contributed by atoms with Crippen molar-refractivity contribution >= 4 is 17.5 Å². The number of carbonyl (C=O) groups excluding carboxylic acids is 2. The molecule has 2 amide bonds. The molecule has 0 bridgehead atoms. The maximum Gasteiger partial charge on any atom is 0.278 e. The molecule has 7 heteroatoms. The van der Waals surface area contributed by atoms with Crippen molar-refractivity contribution in [1.29, 1.82) is 0 Å². The highest BCUT2D eigenvalue weighted by atomic mass is 16.3. The zero-order valence-corrected chi connectivity index (χ0v) is 10.4. The molecule has 1 heterocycles. The number of hydrogen-bond donors (Lipinski definition) is 3. The number of hydrazine groups is 1. The molecule has 0 unspecified atom stereocenters. The predicted octanol–water partition coefficient (Wildman–Crippen LogP) is 0.526. The summed E-state index contributed by atoms with van der Waals surface area (Å²) in [6.07, 6.45) is 2.82. The van der Waals surface area contributed by atoms with Crippen LogP contribution in [0.25, 0.3) is 0 Å². The summed E-state index contributed by atoms with van der Waals surface area (Å²) in [6.45, 7) is 0. The summed E-state index contributed by atoms with van der Waals surface area (Å²) in [5.41, 5.74) is 5.87. The zero-order valence-electron chi connectivity index (χ0n) is 10.4. The Balaban J connectivity index is 2.27. The molecule has 1 aromatic heterocycles. The molecule has 0 fully saturated rings. The number of nitrogen functional groups attached to an aromatic ring is 1. The molecular formula is C13H12N4O3. The summed E-state index contributed by atoms with van der Waals surface area (Å²) in [7, 11) is 0. The van der Waals surface area contributed by atoms with Gasteiger partial charge in [-0.3, -0.25) is 14.6 Å². The van der Waals surface area contributed by atoms with E-state index >= 15 is 0 Å². The van der Waals surface area contributed by atoms with E-state index in [0.29, 0.717) is 10.7 Å². The van der Waals surface area contributed by atoms with Gasteiger partial charge in [0.25, 0.3) is 11.8 Å². The normalized spacial score (nSPS) is 10.1. The van der Waals surface area contributed by atoms with Gasteiger partial charge in [0.15, 0.2) is 0 Å². The first-order valence-corrected chi connectivity index (χ1v) is 5.62. The molecule has 102 valence electrons. The molecule has 1 aromatic carbocycles. The number of aromatic hydroxyl groups is 1. The maximum absolute atomic E-state index is 12.1. The number of aromatic nitrogens is 1. The lowest BCUT2D eigenvalue weighted by Crippen LogP contribution is -2.42. The first kappa shape index (κ1) is 13.5. The van der Waals surface area contributed by atoms with E-state index in [4.69, 9.17) is 11.6 Å². The number of nitrogens with two attached hydrogens (primary N) is 2. The van der Waals surface area contributed by atoms with E-state index in [-0.39, 0.29) is 16.9 Å². The number of carbonyl (C=O) groups is 2. The Bertz CT molecular complexity index is 658. The summed E-state index contributed by atoms with van der Waals surface area (Å²) in [4.78, 5) is 27.8. The van der Waals surface area contributed by atoms with Gasteiger partial charge in [-0.1, -0.05) is 0 Å². The first-order valence-electron chi connectivity index (χ1n) is 5.62. The summed E-state index contributed by atoms with van der Waals surface area (Å²) < 4.78 is 0. The van der Waals surface area contributed by atoms with E-state index in [2.05, 4.69) is 4.98 Å². The van der Waals surface area contributed by atoms with Crippen LogP contribution in [0, 0.1) is 0 Å². The van der Waals surface area contributed by atoms with Gasteiger partial charge in [0.2, 0.25) is 0 Å². The Hall–Kier alpha value is -2.93. The molecular weight excluding hydrogens is 260 g/mol. The first-order chi connectivity index (χ1) is 9.50. The highest BCUT2D eigenvalue weighted by Crippen LogP contribution is 2.21. The minimum absolute atomic E-state index is 0.107. The van der Waals surface area contributed by atoms with Crippen LogP contribution in [0.3, 0.4) is 0 Å². The topological polar surface area (TPSA) is 123 Å². The smallest absolute Gasteiger partial charge is 0.278 e. The van der Waals surface area contributed by atoms with Gasteiger partial charge in [0.1, 0.15) is 5.75 Å². The summed E-state index contributed by atoms with van der Waals surface area (Å²) in [6, 6.07) is 6.79. The number of anilines is 1. The monoisotopic (exact) mass is 272 g/mol. The molecule has 0 spiro atoms. The van der Waals surface area contributed by atoms with Crippen molar-refractivity contribution in [2.45, 2.75) is 0 Å². The largest absolute Gasteiger partial charge is 0.507 e. The minimum atomic E-state index is -0.829. The third kappa shape index (κ3) is 2.57. The second-order valence-corrected chi connectivity index (χ2v) is 3.99. The molecule has 7 nitrogen and oxygen atoms in total. The van der Waals surface area contributed by atoms with Crippen molar-refractivity contribution in [1.82, 2.24) is 9.99 Å². The molecule has 0 radical (unpaired) electrons. The van der Waals surface area contributed by atoms with Crippen LogP contribution in [0.4, 0.5) is 5.69 Å². The lowest BCUT2D eigenvalue weighted by Gasteiger charge is -2.15. The highest BCUT2D eigenvalue weighted by molar-refractivity contribution is 6.10. The molecule has 0 aliphatic heterocycles. The molecule has 0 aliphatic carbocycles. The highest BCUT2D eigenvalue weighted by Gasteiger charge is 2.23. The Morgan fingerprint density at radius 1 is 1.10 bits per heavy atom. The fourth-order valence-corrected chi connectivity index (χ4v) is 1.59. The number of hydrogen-bond acceptors (Lipinski definition) is 6. The van der Waals surface area contributed by atoms with Gasteiger partial charge in [-0.15, -0.1) is 0 Å². The molecule has 5 N–H and O–H groups in total. The Labute approximate surface area is 114 Å². The fourth-order valence-electron chi connectivity index (χ4n) is 1.59. The van der Waals surface area contributed by atoms with Crippen molar-refractivity contribution in [3.8, 4) is 5.75 Å². The number of pyridine rings is 1. The predicted molar refractivity (Wildman–Crippen MR) is 71.4 cm³/mol. The van der Waals surface area contributed by atoms with Crippen LogP contribution in [-0.4, -0.2) is 26.9 Å². The van der Waals surface area contributed by atoms with Crippen LogP contribution < -0.4 is 11.6 Å². The average molecular weight is 272 g/mol. The quantitative estimate of drug-likeness (QED) is 0.241. The number of imide groups is 1. The van der Waals surface area contributed by atoms with E-state index in [0.717, 1.165) is 0 Å². The van der Waals surface area contributed by atoms with Gasteiger partial charge < -0.3 is 10.8 Å². The van der Waals surface area contributed by atoms with Crippen LogP contribution in [-0.2, 0) is 0 Å². The second kappa shape index (κ2) is 5.37. The number of amides is 2. The second-order valence-electron chi connectivity index (χ2n) is 3.99. The van der Waals surface area contributed by atoms with Gasteiger partial charge in [-0.25, -0.2) is 10.9 Å².